The second-order valence-electron chi connectivity index (χ2n) is 7.38. The Bertz CT molecular complexity index is 553. The van der Waals surface area contributed by atoms with Crippen LogP contribution in [-0.4, -0.2) is 31.2 Å². The van der Waals surface area contributed by atoms with E-state index >= 15 is 0 Å². The average Bonchev–Trinajstić information content (AvgIpc) is 2.60. The molecule has 1 amide bonds. The Morgan fingerprint density at radius 3 is 2.27 bits per heavy atom. The van der Waals surface area contributed by atoms with Crippen molar-refractivity contribution in [2.24, 2.45) is 17.6 Å². The summed E-state index contributed by atoms with van der Waals surface area (Å²) in [5, 5.41) is 3.21. The summed E-state index contributed by atoms with van der Waals surface area (Å²) >= 11 is 0. The largest absolute Gasteiger partial charge is 0.494 e. The van der Waals surface area contributed by atoms with Gasteiger partial charge < -0.3 is 20.5 Å². The quantitative estimate of drug-likeness (QED) is 0.758. The lowest BCUT2D eigenvalue weighted by molar-refractivity contribution is -0.125. The molecule has 0 saturated heterocycles. The number of carbonyl (C=O) groups is 1. The molecule has 2 aliphatic carbocycles. The monoisotopic (exact) mass is 382 g/mol. The van der Waals surface area contributed by atoms with Crippen molar-refractivity contribution in [1.29, 1.82) is 0 Å². The van der Waals surface area contributed by atoms with Crippen molar-refractivity contribution >= 4 is 18.3 Å². The molecule has 6 heteroatoms. The van der Waals surface area contributed by atoms with Crippen LogP contribution in [0.15, 0.2) is 24.3 Å². The Labute approximate surface area is 162 Å². The van der Waals surface area contributed by atoms with Crippen LogP contribution < -0.4 is 20.5 Å². The smallest absolute Gasteiger partial charge is 0.258 e. The molecular formula is C20H31ClN2O3. The Hall–Kier alpha value is -1.46. The van der Waals surface area contributed by atoms with E-state index in [2.05, 4.69) is 12.2 Å². The van der Waals surface area contributed by atoms with E-state index < -0.39 is 0 Å². The molecule has 2 unspecified atom stereocenters. The molecule has 0 radical (unpaired) electrons. The molecule has 0 spiro atoms. The molecule has 146 valence electrons. The molecule has 26 heavy (non-hydrogen) atoms. The summed E-state index contributed by atoms with van der Waals surface area (Å²) in [7, 11) is 0. The normalized spacial score (nSPS) is 27.2. The number of hydrogen-bond acceptors (Lipinski definition) is 4. The van der Waals surface area contributed by atoms with Crippen molar-refractivity contribution in [3.8, 4) is 11.5 Å². The van der Waals surface area contributed by atoms with Crippen LogP contribution in [0.5, 0.6) is 11.5 Å². The molecule has 0 heterocycles. The van der Waals surface area contributed by atoms with Gasteiger partial charge >= 0.3 is 0 Å². The molecule has 3 N–H and O–H groups in total. The van der Waals surface area contributed by atoms with Crippen LogP contribution >= 0.6 is 12.4 Å². The molecule has 2 saturated carbocycles. The van der Waals surface area contributed by atoms with Gasteiger partial charge in [-0.05, 0) is 68.2 Å². The predicted octanol–water partition coefficient (Wildman–Crippen LogP) is 3.30. The zero-order valence-corrected chi connectivity index (χ0v) is 16.3. The molecule has 0 aromatic heterocycles. The first-order valence-corrected chi connectivity index (χ1v) is 9.56. The van der Waals surface area contributed by atoms with Gasteiger partial charge in [-0.2, -0.15) is 0 Å². The van der Waals surface area contributed by atoms with Crippen molar-refractivity contribution < 1.29 is 14.3 Å². The number of nitrogens with two attached hydrogens (primary N) is 1. The molecule has 5 nitrogen and oxygen atoms in total. The molecule has 1 aromatic rings. The Kier molecular flexibility index (Phi) is 8.04. The number of halogens is 1. The third-order valence-corrected chi connectivity index (χ3v) is 5.37. The Morgan fingerprint density at radius 1 is 1.12 bits per heavy atom. The van der Waals surface area contributed by atoms with Gasteiger partial charge in [0.1, 0.15) is 11.5 Å². The maximum atomic E-state index is 12.3. The topological polar surface area (TPSA) is 73.6 Å². The van der Waals surface area contributed by atoms with E-state index in [1.54, 1.807) is 0 Å². The maximum absolute atomic E-state index is 12.3. The summed E-state index contributed by atoms with van der Waals surface area (Å²) in [6.45, 7) is 2.83. The summed E-state index contributed by atoms with van der Waals surface area (Å²) in [5.41, 5.74) is 6.15. The fourth-order valence-corrected chi connectivity index (χ4v) is 4.25. The molecule has 2 fully saturated rings. The standard InChI is InChI=1S/C20H30N2O3.ClH/c1-2-10-24-17-6-8-18(9-7-17)25-13-19(23)22-20-14-4-3-5-15(20)12-16(21)11-14;/h6-9,14-16,20H,2-5,10-13,21H2,1H3,(H,22,23);1H. The van der Waals surface area contributed by atoms with Gasteiger partial charge in [0.25, 0.3) is 5.91 Å². The van der Waals surface area contributed by atoms with Crippen molar-refractivity contribution in [2.75, 3.05) is 13.2 Å². The fourth-order valence-electron chi connectivity index (χ4n) is 4.25. The summed E-state index contributed by atoms with van der Waals surface area (Å²) in [5.74, 6) is 2.53. The number of fused-ring (bicyclic) bond motifs is 2. The van der Waals surface area contributed by atoms with Gasteiger partial charge in [0.15, 0.2) is 6.61 Å². The number of carbonyl (C=O) groups excluding carboxylic acids is 1. The lowest BCUT2D eigenvalue weighted by Gasteiger charge is -2.45. The minimum absolute atomic E-state index is 0. The van der Waals surface area contributed by atoms with Crippen LogP contribution in [0.4, 0.5) is 0 Å². The minimum atomic E-state index is -0.0383. The van der Waals surface area contributed by atoms with Gasteiger partial charge in [-0.15, -0.1) is 12.4 Å². The zero-order chi connectivity index (χ0) is 17.6. The molecule has 0 aliphatic heterocycles. The van der Waals surface area contributed by atoms with Gasteiger partial charge in [0.05, 0.1) is 6.61 Å². The fraction of sp³-hybridized carbons (Fsp3) is 0.650. The Morgan fingerprint density at radius 2 is 1.69 bits per heavy atom. The molecule has 2 atom stereocenters. The lowest BCUT2D eigenvalue weighted by Crippen LogP contribution is -2.54. The molecule has 3 rings (SSSR count). The second kappa shape index (κ2) is 10.0. The van der Waals surface area contributed by atoms with E-state index in [-0.39, 0.29) is 31.0 Å². The number of hydrogen-bond donors (Lipinski definition) is 2. The molecular weight excluding hydrogens is 352 g/mol. The van der Waals surface area contributed by atoms with E-state index in [1.165, 1.54) is 19.3 Å². The number of nitrogens with one attached hydrogen (secondary N) is 1. The summed E-state index contributed by atoms with van der Waals surface area (Å²) < 4.78 is 11.2. The van der Waals surface area contributed by atoms with Gasteiger partial charge in [0, 0.05) is 12.1 Å². The number of ether oxygens (including phenoxy) is 2. The van der Waals surface area contributed by atoms with E-state index in [9.17, 15) is 4.79 Å². The van der Waals surface area contributed by atoms with Crippen molar-refractivity contribution in [2.45, 2.75) is 57.5 Å². The van der Waals surface area contributed by atoms with E-state index in [0.29, 0.717) is 30.2 Å². The maximum Gasteiger partial charge on any atom is 0.258 e. The first-order chi connectivity index (χ1) is 12.2. The number of benzene rings is 1. The highest BCUT2D eigenvalue weighted by molar-refractivity contribution is 5.85. The highest BCUT2D eigenvalue weighted by Crippen LogP contribution is 2.39. The number of rotatable bonds is 7. The highest BCUT2D eigenvalue weighted by atomic mass is 35.5. The summed E-state index contributed by atoms with van der Waals surface area (Å²) in [6, 6.07) is 7.99. The highest BCUT2D eigenvalue weighted by Gasteiger charge is 2.39. The summed E-state index contributed by atoms with van der Waals surface area (Å²) in [6.07, 6.45) is 6.65. The van der Waals surface area contributed by atoms with Crippen LogP contribution in [0.1, 0.15) is 45.4 Å². The van der Waals surface area contributed by atoms with Crippen LogP contribution in [0.25, 0.3) is 0 Å². The van der Waals surface area contributed by atoms with E-state index in [4.69, 9.17) is 15.2 Å². The predicted molar refractivity (Wildman–Crippen MR) is 105 cm³/mol. The first-order valence-electron chi connectivity index (χ1n) is 9.56. The van der Waals surface area contributed by atoms with Gasteiger partial charge in [-0.3, -0.25) is 4.79 Å². The zero-order valence-electron chi connectivity index (χ0n) is 15.5. The molecule has 2 aliphatic rings. The summed E-state index contributed by atoms with van der Waals surface area (Å²) in [4.78, 5) is 12.3. The van der Waals surface area contributed by atoms with Crippen LogP contribution in [0.3, 0.4) is 0 Å². The minimum Gasteiger partial charge on any atom is -0.494 e. The lowest BCUT2D eigenvalue weighted by atomic mass is 9.67. The molecule has 2 bridgehead atoms. The van der Waals surface area contributed by atoms with Crippen LogP contribution in [0, 0.1) is 11.8 Å². The first kappa shape index (κ1) is 20.8. The van der Waals surface area contributed by atoms with Crippen molar-refractivity contribution in [1.82, 2.24) is 5.32 Å². The Balaban J connectivity index is 0.00000243. The average molecular weight is 383 g/mol. The molecule has 1 aromatic carbocycles. The third-order valence-electron chi connectivity index (χ3n) is 5.37. The number of amides is 1. The van der Waals surface area contributed by atoms with Gasteiger partial charge in [-0.1, -0.05) is 13.3 Å². The van der Waals surface area contributed by atoms with Gasteiger partial charge in [-0.25, -0.2) is 0 Å². The van der Waals surface area contributed by atoms with Crippen molar-refractivity contribution in [3.63, 3.8) is 0 Å². The van der Waals surface area contributed by atoms with Crippen LogP contribution in [-0.2, 0) is 4.79 Å². The second-order valence-corrected chi connectivity index (χ2v) is 7.38. The van der Waals surface area contributed by atoms with Gasteiger partial charge in [0.2, 0.25) is 0 Å². The third kappa shape index (κ3) is 5.52. The van der Waals surface area contributed by atoms with E-state index in [1.807, 2.05) is 24.3 Å². The van der Waals surface area contributed by atoms with Crippen LogP contribution in [0.2, 0.25) is 0 Å². The van der Waals surface area contributed by atoms with E-state index in [0.717, 1.165) is 25.0 Å². The van der Waals surface area contributed by atoms with Crippen molar-refractivity contribution in [3.05, 3.63) is 24.3 Å². The SMILES string of the molecule is CCCOc1ccc(OCC(=O)NC2C3CCCC2CC(N)C3)cc1.Cl.